The molecule has 0 bridgehead atoms. The third kappa shape index (κ3) is 2.67. The highest BCUT2D eigenvalue weighted by molar-refractivity contribution is 7.13. The highest BCUT2D eigenvalue weighted by atomic mass is 32.1. The van der Waals surface area contributed by atoms with E-state index in [9.17, 15) is 4.79 Å². The van der Waals surface area contributed by atoms with Crippen molar-refractivity contribution in [3.63, 3.8) is 0 Å². The minimum Gasteiger partial charge on any atom is -0.317 e. The van der Waals surface area contributed by atoms with Gasteiger partial charge in [0.1, 0.15) is 10.7 Å². The lowest BCUT2D eigenvalue weighted by Gasteiger charge is -2.24. The smallest absolute Gasteiger partial charge is 0.317 e. The van der Waals surface area contributed by atoms with Crippen LogP contribution in [-0.4, -0.2) is 42.4 Å². The van der Waals surface area contributed by atoms with Crippen LogP contribution in [-0.2, 0) is 7.05 Å². The fraction of sp³-hybridized carbons (Fsp3) is 0.333. The summed E-state index contributed by atoms with van der Waals surface area (Å²) in [6.07, 6.45) is 9.07. The molecule has 1 atom stereocenters. The van der Waals surface area contributed by atoms with Gasteiger partial charge >= 0.3 is 6.03 Å². The Morgan fingerprint density at radius 3 is 3.12 bits per heavy atom. The molecule has 0 aromatic carbocycles. The number of urea groups is 1. The van der Waals surface area contributed by atoms with E-state index in [2.05, 4.69) is 25.6 Å². The van der Waals surface area contributed by atoms with Gasteiger partial charge in [-0.2, -0.15) is 10.2 Å². The number of aryl methyl sites for hydroxylation is 1. The normalized spacial score (nSPS) is 17.4. The summed E-state index contributed by atoms with van der Waals surface area (Å²) in [5.41, 5.74) is 2.44. The molecule has 2 amide bonds. The molecule has 0 saturated carbocycles. The lowest BCUT2D eigenvalue weighted by Crippen LogP contribution is -2.34. The van der Waals surface area contributed by atoms with Crippen LogP contribution in [0.1, 0.15) is 24.4 Å². The molecule has 0 spiro atoms. The molecule has 8 nitrogen and oxygen atoms in total. The van der Waals surface area contributed by atoms with Gasteiger partial charge in [-0.15, -0.1) is 11.3 Å². The minimum absolute atomic E-state index is 0.0638. The van der Waals surface area contributed by atoms with Crippen molar-refractivity contribution >= 4 is 23.1 Å². The Balaban J connectivity index is 1.53. The Morgan fingerprint density at radius 1 is 1.46 bits per heavy atom. The first kappa shape index (κ1) is 14.9. The summed E-state index contributed by atoms with van der Waals surface area (Å²) in [5.74, 6) is 0. The number of carbonyl (C=O) groups is 1. The monoisotopic (exact) mass is 343 g/mol. The van der Waals surface area contributed by atoms with Crippen molar-refractivity contribution in [1.29, 1.82) is 0 Å². The number of hydrogen-bond donors (Lipinski definition) is 2. The summed E-state index contributed by atoms with van der Waals surface area (Å²) < 4.78 is 1.76. The van der Waals surface area contributed by atoms with Gasteiger partial charge in [0, 0.05) is 36.9 Å². The maximum atomic E-state index is 12.8. The Hall–Kier alpha value is -2.68. The second kappa shape index (κ2) is 6.08. The largest absolute Gasteiger partial charge is 0.322 e. The topological polar surface area (TPSA) is 91.7 Å². The zero-order valence-corrected chi connectivity index (χ0v) is 14.0. The Bertz CT molecular complexity index is 838. The van der Waals surface area contributed by atoms with Crippen molar-refractivity contribution in [2.45, 2.75) is 18.9 Å². The van der Waals surface area contributed by atoms with Gasteiger partial charge in [0.15, 0.2) is 0 Å². The number of carbonyl (C=O) groups excluding carboxylic acids is 1. The number of aromatic nitrogens is 5. The average Bonchev–Trinajstić information content (AvgIpc) is 3.34. The summed E-state index contributed by atoms with van der Waals surface area (Å²) in [6.45, 7) is 0.732. The van der Waals surface area contributed by atoms with Crippen LogP contribution in [0, 0.1) is 0 Å². The van der Waals surface area contributed by atoms with Crippen molar-refractivity contribution in [1.82, 2.24) is 29.9 Å². The number of anilines is 1. The van der Waals surface area contributed by atoms with Gasteiger partial charge < -0.3 is 10.2 Å². The van der Waals surface area contributed by atoms with E-state index in [1.165, 1.54) is 11.3 Å². The fourth-order valence-corrected chi connectivity index (χ4v) is 3.69. The molecular weight excluding hydrogens is 326 g/mol. The molecular formula is C15H17N7OS. The first-order chi connectivity index (χ1) is 11.7. The number of rotatable bonds is 3. The number of nitrogens with one attached hydrogen (secondary N) is 2. The SMILES string of the molecule is Cn1cc([C@@H]2CCCN2C(=O)Nc2cn[nH]c2-c2nccs2)cn1. The number of thiazole rings is 1. The third-order valence-corrected chi connectivity index (χ3v) is 4.94. The number of aromatic amines is 1. The number of likely N-dealkylation sites (tertiary alicyclic amines) is 1. The predicted octanol–water partition coefficient (Wildman–Crippen LogP) is 2.64. The fourth-order valence-electron chi connectivity index (χ4n) is 3.05. The first-order valence-electron chi connectivity index (χ1n) is 7.72. The maximum absolute atomic E-state index is 12.8. The molecule has 0 radical (unpaired) electrons. The van der Waals surface area contributed by atoms with Crippen LogP contribution >= 0.6 is 11.3 Å². The Labute approximate surface area is 142 Å². The van der Waals surface area contributed by atoms with E-state index in [1.54, 1.807) is 17.1 Å². The molecule has 4 heterocycles. The van der Waals surface area contributed by atoms with Crippen LogP contribution in [0.2, 0.25) is 0 Å². The average molecular weight is 343 g/mol. The lowest BCUT2D eigenvalue weighted by molar-refractivity contribution is 0.207. The van der Waals surface area contributed by atoms with Crippen LogP contribution in [0.5, 0.6) is 0 Å². The van der Waals surface area contributed by atoms with Crippen LogP contribution in [0.25, 0.3) is 10.7 Å². The summed E-state index contributed by atoms with van der Waals surface area (Å²) in [5, 5.41) is 16.8. The molecule has 9 heteroatoms. The highest BCUT2D eigenvalue weighted by Gasteiger charge is 2.31. The van der Waals surface area contributed by atoms with E-state index in [4.69, 9.17) is 0 Å². The molecule has 0 aliphatic carbocycles. The van der Waals surface area contributed by atoms with Crippen LogP contribution in [0.3, 0.4) is 0 Å². The van der Waals surface area contributed by atoms with E-state index >= 15 is 0 Å². The molecule has 3 aromatic heterocycles. The number of nitrogens with zero attached hydrogens (tertiary/aromatic N) is 5. The van der Waals surface area contributed by atoms with Crippen LogP contribution in [0.15, 0.2) is 30.2 Å². The van der Waals surface area contributed by atoms with Gasteiger partial charge in [0.05, 0.1) is 24.1 Å². The molecule has 1 saturated heterocycles. The van der Waals surface area contributed by atoms with Gasteiger partial charge in [-0.25, -0.2) is 9.78 Å². The van der Waals surface area contributed by atoms with E-state index in [1.807, 2.05) is 29.7 Å². The van der Waals surface area contributed by atoms with Crippen molar-refractivity contribution in [3.8, 4) is 10.7 Å². The van der Waals surface area contributed by atoms with E-state index in [0.717, 1.165) is 35.7 Å². The minimum atomic E-state index is -0.124. The van der Waals surface area contributed by atoms with Crippen molar-refractivity contribution < 1.29 is 4.79 Å². The molecule has 4 rings (SSSR count). The quantitative estimate of drug-likeness (QED) is 0.765. The van der Waals surface area contributed by atoms with Gasteiger partial charge in [0.25, 0.3) is 0 Å². The summed E-state index contributed by atoms with van der Waals surface area (Å²) in [7, 11) is 1.88. The molecule has 1 aliphatic rings. The summed E-state index contributed by atoms with van der Waals surface area (Å²) in [4.78, 5) is 18.9. The summed E-state index contributed by atoms with van der Waals surface area (Å²) in [6, 6.07) is -0.0607. The number of H-pyrrole nitrogens is 1. The van der Waals surface area contributed by atoms with Gasteiger partial charge in [-0.1, -0.05) is 0 Å². The van der Waals surface area contributed by atoms with Crippen LogP contribution in [0.4, 0.5) is 10.5 Å². The van der Waals surface area contributed by atoms with E-state index < -0.39 is 0 Å². The van der Waals surface area contributed by atoms with Crippen molar-refractivity contribution in [3.05, 3.63) is 35.7 Å². The van der Waals surface area contributed by atoms with E-state index in [-0.39, 0.29) is 12.1 Å². The zero-order valence-electron chi connectivity index (χ0n) is 13.1. The summed E-state index contributed by atoms with van der Waals surface area (Å²) >= 11 is 1.50. The van der Waals surface area contributed by atoms with Gasteiger partial charge in [0.2, 0.25) is 0 Å². The molecule has 1 aliphatic heterocycles. The predicted molar refractivity (Wildman–Crippen MR) is 90.6 cm³/mol. The second-order valence-electron chi connectivity index (χ2n) is 5.72. The molecule has 0 unspecified atom stereocenters. The highest BCUT2D eigenvalue weighted by Crippen LogP contribution is 2.33. The molecule has 1 fully saturated rings. The van der Waals surface area contributed by atoms with E-state index in [0.29, 0.717) is 5.69 Å². The third-order valence-electron chi connectivity index (χ3n) is 4.15. The molecule has 24 heavy (non-hydrogen) atoms. The Kier molecular flexibility index (Phi) is 3.77. The first-order valence-corrected chi connectivity index (χ1v) is 8.60. The second-order valence-corrected chi connectivity index (χ2v) is 6.62. The zero-order chi connectivity index (χ0) is 16.5. The molecule has 2 N–H and O–H groups in total. The number of hydrogen-bond acceptors (Lipinski definition) is 5. The van der Waals surface area contributed by atoms with Crippen molar-refractivity contribution in [2.75, 3.05) is 11.9 Å². The Morgan fingerprint density at radius 2 is 2.38 bits per heavy atom. The van der Waals surface area contributed by atoms with Crippen LogP contribution < -0.4 is 5.32 Å². The molecule has 124 valence electrons. The maximum Gasteiger partial charge on any atom is 0.322 e. The standard InChI is InChI=1S/C15H17N7OS/c1-21-9-10(7-18-21)12-3-2-5-22(12)15(23)19-11-8-17-20-13(11)14-16-4-6-24-14/h4,6-9,12H,2-3,5H2,1H3,(H,17,20)(H,19,23)/t12-/m0/s1. The van der Waals surface area contributed by atoms with Gasteiger partial charge in [-0.3, -0.25) is 9.78 Å². The van der Waals surface area contributed by atoms with Crippen molar-refractivity contribution in [2.24, 2.45) is 7.05 Å². The lowest BCUT2D eigenvalue weighted by atomic mass is 10.1. The van der Waals surface area contributed by atoms with Gasteiger partial charge in [-0.05, 0) is 12.8 Å². The number of amides is 2. The molecule has 3 aromatic rings.